The highest BCUT2D eigenvalue weighted by atomic mass is 79.9. The van der Waals surface area contributed by atoms with Crippen molar-refractivity contribution in [1.82, 2.24) is 19.6 Å². The fraction of sp³-hybridized carbons (Fsp3) is 0.333. The molecule has 0 aliphatic rings. The third-order valence-electron chi connectivity index (χ3n) is 2.18. The van der Waals surface area contributed by atoms with Crippen LogP contribution in [-0.4, -0.2) is 19.6 Å². The van der Waals surface area contributed by atoms with Gasteiger partial charge in [-0.25, -0.2) is 0 Å². The molecule has 2 aromatic heterocycles. The first kappa shape index (κ1) is 10.7. The van der Waals surface area contributed by atoms with E-state index in [-0.39, 0.29) is 0 Å². The van der Waals surface area contributed by atoms with Gasteiger partial charge in [0.2, 0.25) is 0 Å². The number of rotatable bonds is 2. The van der Waals surface area contributed by atoms with Crippen LogP contribution in [0.2, 0.25) is 5.02 Å². The van der Waals surface area contributed by atoms with Gasteiger partial charge in [-0.1, -0.05) is 11.6 Å². The van der Waals surface area contributed by atoms with E-state index in [1.165, 1.54) is 0 Å². The topological polar surface area (TPSA) is 35.6 Å². The van der Waals surface area contributed by atoms with Crippen LogP contribution in [0.1, 0.15) is 11.4 Å². The van der Waals surface area contributed by atoms with Crippen LogP contribution >= 0.6 is 27.5 Å². The second-order valence-corrected chi connectivity index (χ2v) is 4.56. The summed E-state index contributed by atoms with van der Waals surface area (Å²) < 4.78 is 4.65. The first-order chi connectivity index (χ1) is 7.08. The Morgan fingerprint density at radius 3 is 2.73 bits per heavy atom. The second kappa shape index (κ2) is 3.98. The van der Waals surface area contributed by atoms with Gasteiger partial charge in [0, 0.05) is 13.2 Å². The number of halogens is 2. The average molecular weight is 290 g/mol. The maximum Gasteiger partial charge on any atom is 0.0840 e. The zero-order valence-electron chi connectivity index (χ0n) is 8.41. The average Bonchev–Trinajstić information content (AvgIpc) is 2.67. The number of aromatic nitrogens is 4. The van der Waals surface area contributed by atoms with Gasteiger partial charge in [0.05, 0.1) is 33.6 Å². The van der Waals surface area contributed by atoms with Crippen molar-refractivity contribution >= 4 is 27.5 Å². The lowest BCUT2D eigenvalue weighted by atomic mass is 10.3. The molecule has 0 atom stereocenters. The van der Waals surface area contributed by atoms with Crippen molar-refractivity contribution < 1.29 is 0 Å². The van der Waals surface area contributed by atoms with Crippen LogP contribution in [0, 0.1) is 6.92 Å². The van der Waals surface area contributed by atoms with Gasteiger partial charge in [-0.15, -0.1) is 0 Å². The Morgan fingerprint density at radius 2 is 2.27 bits per heavy atom. The highest BCUT2D eigenvalue weighted by Gasteiger charge is 2.11. The minimum atomic E-state index is 0.644. The molecule has 4 nitrogen and oxygen atoms in total. The molecular weight excluding hydrogens is 279 g/mol. The molecular formula is C9H10BrClN4. The zero-order chi connectivity index (χ0) is 11.0. The fourth-order valence-corrected chi connectivity index (χ4v) is 2.05. The molecule has 2 aromatic rings. The Balaban J connectivity index is 2.31. The van der Waals surface area contributed by atoms with Crippen molar-refractivity contribution in [1.29, 1.82) is 0 Å². The highest BCUT2D eigenvalue weighted by molar-refractivity contribution is 9.10. The SMILES string of the molecule is Cc1nn(C)c(Cn2cc(Cl)cn2)c1Br. The van der Waals surface area contributed by atoms with Crippen molar-refractivity contribution in [3.63, 3.8) is 0 Å². The van der Waals surface area contributed by atoms with Crippen LogP contribution in [-0.2, 0) is 13.6 Å². The van der Waals surface area contributed by atoms with E-state index in [9.17, 15) is 0 Å². The maximum atomic E-state index is 5.79. The van der Waals surface area contributed by atoms with Crippen LogP contribution < -0.4 is 0 Å². The van der Waals surface area contributed by atoms with Crippen LogP contribution in [0.15, 0.2) is 16.9 Å². The minimum absolute atomic E-state index is 0.644. The molecule has 0 aromatic carbocycles. The summed E-state index contributed by atoms with van der Waals surface area (Å²) in [5.41, 5.74) is 2.05. The van der Waals surface area contributed by atoms with E-state index in [4.69, 9.17) is 11.6 Å². The summed E-state index contributed by atoms with van der Waals surface area (Å²) in [6, 6.07) is 0. The van der Waals surface area contributed by atoms with Crippen LogP contribution in [0.5, 0.6) is 0 Å². The summed E-state index contributed by atoms with van der Waals surface area (Å²) in [6.07, 6.45) is 3.41. The van der Waals surface area contributed by atoms with Crippen molar-refractivity contribution in [2.75, 3.05) is 0 Å². The molecule has 0 amide bonds. The van der Waals surface area contributed by atoms with Gasteiger partial charge in [0.15, 0.2) is 0 Å². The quantitative estimate of drug-likeness (QED) is 0.851. The molecule has 0 aliphatic heterocycles. The first-order valence-corrected chi connectivity index (χ1v) is 5.61. The molecule has 0 saturated carbocycles. The molecule has 2 rings (SSSR count). The van der Waals surface area contributed by atoms with Gasteiger partial charge in [-0.05, 0) is 22.9 Å². The summed E-state index contributed by atoms with van der Waals surface area (Å²) in [4.78, 5) is 0. The second-order valence-electron chi connectivity index (χ2n) is 3.33. The van der Waals surface area contributed by atoms with Crippen molar-refractivity contribution in [3.8, 4) is 0 Å². The van der Waals surface area contributed by atoms with Gasteiger partial charge in [-0.3, -0.25) is 9.36 Å². The van der Waals surface area contributed by atoms with Crippen LogP contribution in [0.4, 0.5) is 0 Å². The zero-order valence-corrected chi connectivity index (χ0v) is 10.7. The monoisotopic (exact) mass is 288 g/mol. The molecule has 80 valence electrons. The van der Waals surface area contributed by atoms with Gasteiger partial charge >= 0.3 is 0 Å². The summed E-state index contributed by atoms with van der Waals surface area (Å²) in [6.45, 7) is 2.62. The molecule has 0 spiro atoms. The van der Waals surface area contributed by atoms with Crippen LogP contribution in [0.25, 0.3) is 0 Å². The third-order valence-corrected chi connectivity index (χ3v) is 3.40. The summed E-state index contributed by atoms with van der Waals surface area (Å²) in [5.74, 6) is 0. The standard InChI is InChI=1S/C9H10BrClN4/c1-6-9(10)8(14(2)13-6)5-15-4-7(11)3-12-15/h3-4H,5H2,1-2H3. The Hall–Kier alpha value is -0.810. The van der Waals surface area contributed by atoms with Gasteiger partial charge in [-0.2, -0.15) is 10.2 Å². The lowest BCUT2D eigenvalue weighted by Crippen LogP contribution is -2.06. The van der Waals surface area contributed by atoms with Gasteiger partial charge in [0.1, 0.15) is 0 Å². The lowest BCUT2D eigenvalue weighted by molar-refractivity contribution is 0.617. The summed E-state index contributed by atoms with van der Waals surface area (Å²) in [7, 11) is 1.91. The maximum absolute atomic E-state index is 5.79. The van der Waals surface area contributed by atoms with E-state index in [1.54, 1.807) is 17.1 Å². The molecule has 0 bridgehead atoms. The first-order valence-electron chi connectivity index (χ1n) is 4.44. The van der Waals surface area contributed by atoms with E-state index in [2.05, 4.69) is 26.1 Å². The molecule has 6 heteroatoms. The molecule has 0 N–H and O–H groups in total. The molecule has 0 saturated heterocycles. The van der Waals surface area contributed by atoms with E-state index in [0.29, 0.717) is 11.6 Å². The number of hydrogen-bond donors (Lipinski definition) is 0. The number of nitrogens with zero attached hydrogens (tertiary/aromatic N) is 4. The van der Waals surface area contributed by atoms with Crippen molar-refractivity contribution in [2.45, 2.75) is 13.5 Å². The Kier molecular flexibility index (Phi) is 2.84. The van der Waals surface area contributed by atoms with Crippen LogP contribution in [0.3, 0.4) is 0 Å². The number of hydrogen-bond acceptors (Lipinski definition) is 2. The summed E-state index contributed by atoms with van der Waals surface area (Å²) in [5, 5.41) is 9.08. The number of aryl methyl sites for hydroxylation is 2. The van der Waals surface area contributed by atoms with Gasteiger partial charge < -0.3 is 0 Å². The van der Waals surface area contributed by atoms with E-state index in [1.807, 2.05) is 18.7 Å². The molecule has 0 fully saturated rings. The molecule has 0 unspecified atom stereocenters. The molecule has 15 heavy (non-hydrogen) atoms. The van der Waals surface area contributed by atoms with E-state index < -0.39 is 0 Å². The van der Waals surface area contributed by atoms with Crippen molar-refractivity contribution in [2.24, 2.45) is 7.05 Å². The highest BCUT2D eigenvalue weighted by Crippen LogP contribution is 2.21. The molecule has 0 aliphatic carbocycles. The Morgan fingerprint density at radius 1 is 1.53 bits per heavy atom. The Bertz CT molecular complexity index is 488. The predicted molar refractivity (Wildman–Crippen MR) is 62.0 cm³/mol. The van der Waals surface area contributed by atoms with E-state index in [0.717, 1.165) is 15.9 Å². The minimum Gasteiger partial charge on any atom is -0.269 e. The Labute approximate surface area is 101 Å². The lowest BCUT2D eigenvalue weighted by Gasteiger charge is -2.02. The van der Waals surface area contributed by atoms with Crippen molar-refractivity contribution in [3.05, 3.63) is 33.3 Å². The largest absolute Gasteiger partial charge is 0.269 e. The normalized spacial score (nSPS) is 10.9. The van der Waals surface area contributed by atoms with Gasteiger partial charge in [0.25, 0.3) is 0 Å². The third kappa shape index (κ3) is 2.08. The molecule has 2 heterocycles. The summed E-state index contributed by atoms with van der Waals surface area (Å²) >= 11 is 9.30. The molecule has 0 radical (unpaired) electrons. The fourth-order valence-electron chi connectivity index (χ4n) is 1.43. The predicted octanol–water partition coefficient (Wildman–Crippen LogP) is 2.39. The smallest absolute Gasteiger partial charge is 0.0840 e. The van der Waals surface area contributed by atoms with E-state index >= 15 is 0 Å².